The Balaban J connectivity index is 0.00000361. The van der Waals surface area contributed by atoms with Crippen molar-refractivity contribution in [2.24, 2.45) is 10.7 Å². The van der Waals surface area contributed by atoms with Gasteiger partial charge in [-0.05, 0) is 11.6 Å². The number of benzene rings is 1. The van der Waals surface area contributed by atoms with Crippen molar-refractivity contribution in [2.75, 3.05) is 20.6 Å². The highest BCUT2D eigenvalue weighted by Gasteiger charge is 2.10. The molecule has 0 aliphatic rings. The van der Waals surface area contributed by atoms with Crippen molar-refractivity contribution in [3.63, 3.8) is 0 Å². The van der Waals surface area contributed by atoms with Gasteiger partial charge in [0.05, 0.1) is 0 Å². The van der Waals surface area contributed by atoms with E-state index in [1.807, 2.05) is 24.3 Å². The molecule has 7 heteroatoms. The minimum Gasteiger partial charge on any atom is -0.370 e. The summed E-state index contributed by atoms with van der Waals surface area (Å²) >= 11 is 3.47. The molecule has 5 nitrogen and oxygen atoms in total. The van der Waals surface area contributed by atoms with Gasteiger partial charge in [0.15, 0.2) is 5.96 Å². The van der Waals surface area contributed by atoms with E-state index in [-0.39, 0.29) is 29.9 Å². The highest BCUT2D eigenvalue weighted by atomic mass is 127. The van der Waals surface area contributed by atoms with Crippen LogP contribution < -0.4 is 11.1 Å². The van der Waals surface area contributed by atoms with Crippen molar-refractivity contribution in [2.45, 2.75) is 13.0 Å². The highest BCUT2D eigenvalue weighted by Crippen LogP contribution is 2.17. The SMILES string of the molecule is CN=C(N)NCCC(=O)N(C)Cc1ccccc1Br.I. The Kier molecular flexibility index (Phi) is 9.56. The number of carbonyl (C=O) groups is 1. The van der Waals surface area contributed by atoms with E-state index in [1.54, 1.807) is 19.0 Å². The topological polar surface area (TPSA) is 70.7 Å². The summed E-state index contributed by atoms with van der Waals surface area (Å²) in [7, 11) is 3.39. The van der Waals surface area contributed by atoms with Gasteiger partial charge in [-0.3, -0.25) is 9.79 Å². The second-order valence-corrected chi connectivity index (χ2v) is 4.98. The van der Waals surface area contributed by atoms with Crippen LogP contribution in [-0.2, 0) is 11.3 Å². The zero-order valence-electron chi connectivity index (χ0n) is 11.6. The summed E-state index contributed by atoms with van der Waals surface area (Å²) in [6, 6.07) is 7.87. The second kappa shape index (κ2) is 9.98. The predicted octanol–water partition coefficient (Wildman–Crippen LogP) is 1.95. The summed E-state index contributed by atoms with van der Waals surface area (Å²) in [5.41, 5.74) is 6.57. The first kappa shape index (κ1) is 19.2. The summed E-state index contributed by atoms with van der Waals surface area (Å²) in [4.78, 5) is 17.4. The van der Waals surface area contributed by atoms with Gasteiger partial charge in [-0.1, -0.05) is 34.1 Å². The van der Waals surface area contributed by atoms with Gasteiger partial charge in [-0.15, -0.1) is 24.0 Å². The van der Waals surface area contributed by atoms with Crippen molar-refractivity contribution in [3.05, 3.63) is 34.3 Å². The van der Waals surface area contributed by atoms with Crippen LogP contribution in [0.15, 0.2) is 33.7 Å². The van der Waals surface area contributed by atoms with Crippen molar-refractivity contribution in [1.82, 2.24) is 10.2 Å². The van der Waals surface area contributed by atoms with E-state index in [0.717, 1.165) is 10.0 Å². The summed E-state index contributed by atoms with van der Waals surface area (Å²) in [5, 5.41) is 2.86. The normalized spacial score (nSPS) is 10.7. The van der Waals surface area contributed by atoms with Gasteiger partial charge in [-0.25, -0.2) is 0 Å². The van der Waals surface area contributed by atoms with Crippen molar-refractivity contribution < 1.29 is 4.79 Å². The molecular formula is C13H20BrIN4O. The van der Waals surface area contributed by atoms with E-state index in [4.69, 9.17) is 5.73 Å². The van der Waals surface area contributed by atoms with Gasteiger partial charge in [0.1, 0.15) is 0 Å². The molecule has 0 atom stereocenters. The molecule has 3 N–H and O–H groups in total. The Morgan fingerprint density at radius 1 is 1.45 bits per heavy atom. The maximum absolute atomic E-state index is 11.9. The summed E-state index contributed by atoms with van der Waals surface area (Å²) in [6.07, 6.45) is 0.386. The average molecular weight is 455 g/mol. The molecule has 20 heavy (non-hydrogen) atoms. The third-order valence-electron chi connectivity index (χ3n) is 2.68. The van der Waals surface area contributed by atoms with Crippen LogP contribution in [-0.4, -0.2) is 37.4 Å². The lowest BCUT2D eigenvalue weighted by Crippen LogP contribution is -2.35. The first-order chi connectivity index (χ1) is 9.04. The maximum Gasteiger partial charge on any atom is 0.224 e. The van der Waals surface area contributed by atoms with Crippen molar-refractivity contribution in [3.8, 4) is 0 Å². The van der Waals surface area contributed by atoms with E-state index in [2.05, 4.69) is 26.2 Å². The Morgan fingerprint density at radius 2 is 2.10 bits per heavy atom. The van der Waals surface area contributed by atoms with Crippen LogP contribution in [0.2, 0.25) is 0 Å². The predicted molar refractivity (Wildman–Crippen MR) is 96.2 cm³/mol. The van der Waals surface area contributed by atoms with E-state index in [9.17, 15) is 4.79 Å². The van der Waals surface area contributed by atoms with Crippen LogP contribution in [0, 0.1) is 0 Å². The molecule has 1 aromatic rings. The van der Waals surface area contributed by atoms with Crippen molar-refractivity contribution in [1.29, 1.82) is 0 Å². The monoisotopic (exact) mass is 454 g/mol. The highest BCUT2D eigenvalue weighted by molar-refractivity contribution is 14.0. The standard InChI is InChI=1S/C13H19BrN4O.HI/c1-16-13(15)17-8-7-12(19)18(2)9-10-5-3-4-6-11(10)14;/h3-6H,7-9H2,1-2H3,(H3,15,16,17);1H. The van der Waals surface area contributed by atoms with E-state index in [1.165, 1.54) is 0 Å². The molecule has 0 saturated carbocycles. The number of guanidine groups is 1. The molecular weight excluding hydrogens is 435 g/mol. The molecule has 1 rings (SSSR count). The van der Waals surface area contributed by atoms with Crippen molar-refractivity contribution >= 4 is 51.8 Å². The van der Waals surface area contributed by atoms with Crippen LogP contribution in [0.25, 0.3) is 0 Å². The summed E-state index contributed by atoms with van der Waals surface area (Å²) in [5.74, 6) is 0.411. The quantitative estimate of drug-likeness (QED) is 0.406. The van der Waals surface area contributed by atoms with E-state index in [0.29, 0.717) is 25.5 Å². The number of hydrogen-bond donors (Lipinski definition) is 2. The zero-order valence-corrected chi connectivity index (χ0v) is 15.5. The molecule has 0 aromatic heterocycles. The molecule has 0 aliphatic carbocycles. The Labute approximate surface area is 145 Å². The number of rotatable bonds is 5. The van der Waals surface area contributed by atoms with Crippen LogP contribution >= 0.6 is 39.9 Å². The molecule has 0 unspecified atom stereocenters. The van der Waals surface area contributed by atoms with Crippen LogP contribution in [0.3, 0.4) is 0 Å². The number of nitrogens with one attached hydrogen (secondary N) is 1. The fourth-order valence-corrected chi connectivity index (χ4v) is 1.95. The van der Waals surface area contributed by atoms with E-state index < -0.39 is 0 Å². The Morgan fingerprint density at radius 3 is 2.70 bits per heavy atom. The maximum atomic E-state index is 11.9. The number of halogens is 2. The van der Waals surface area contributed by atoms with E-state index >= 15 is 0 Å². The second-order valence-electron chi connectivity index (χ2n) is 4.13. The largest absolute Gasteiger partial charge is 0.370 e. The van der Waals surface area contributed by atoms with Gasteiger partial charge in [0.25, 0.3) is 0 Å². The third-order valence-corrected chi connectivity index (χ3v) is 3.45. The number of aliphatic imine (C=N–C) groups is 1. The summed E-state index contributed by atoms with van der Waals surface area (Å²) < 4.78 is 1.01. The number of carbonyl (C=O) groups excluding carboxylic acids is 1. The molecule has 0 radical (unpaired) electrons. The fraction of sp³-hybridized carbons (Fsp3) is 0.385. The molecule has 0 aliphatic heterocycles. The first-order valence-electron chi connectivity index (χ1n) is 5.98. The smallest absolute Gasteiger partial charge is 0.224 e. The lowest BCUT2D eigenvalue weighted by Gasteiger charge is -2.18. The zero-order chi connectivity index (χ0) is 14.3. The molecule has 112 valence electrons. The number of nitrogens with zero attached hydrogens (tertiary/aromatic N) is 2. The van der Waals surface area contributed by atoms with Gasteiger partial charge >= 0.3 is 0 Å². The van der Waals surface area contributed by atoms with Gasteiger partial charge < -0.3 is 16.0 Å². The molecule has 0 saturated heterocycles. The fourth-order valence-electron chi connectivity index (χ4n) is 1.54. The van der Waals surface area contributed by atoms with Gasteiger partial charge in [0.2, 0.25) is 5.91 Å². The van der Waals surface area contributed by atoms with Gasteiger partial charge in [-0.2, -0.15) is 0 Å². The van der Waals surface area contributed by atoms with Crippen LogP contribution in [0.4, 0.5) is 0 Å². The van der Waals surface area contributed by atoms with Crippen LogP contribution in [0.1, 0.15) is 12.0 Å². The number of hydrogen-bond acceptors (Lipinski definition) is 2. The minimum absolute atomic E-state index is 0. The third kappa shape index (κ3) is 6.56. The minimum atomic E-state index is 0. The molecule has 0 fully saturated rings. The average Bonchev–Trinajstić information content (AvgIpc) is 2.40. The first-order valence-corrected chi connectivity index (χ1v) is 6.77. The van der Waals surface area contributed by atoms with Crippen LogP contribution in [0.5, 0.6) is 0 Å². The molecule has 1 aromatic carbocycles. The Bertz CT molecular complexity index is 467. The van der Waals surface area contributed by atoms with Gasteiger partial charge in [0, 0.05) is 38.1 Å². The number of amides is 1. The summed E-state index contributed by atoms with van der Waals surface area (Å²) in [6.45, 7) is 1.07. The molecule has 0 spiro atoms. The lowest BCUT2D eigenvalue weighted by molar-refractivity contribution is -0.130. The number of nitrogens with two attached hydrogens (primary N) is 1. The molecule has 0 heterocycles. The lowest BCUT2D eigenvalue weighted by atomic mass is 10.2. The molecule has 0 bridgehead atoms. The molecule has 1 amide bonds. The Hall–Kier alpha value is -0.830.